The fourth-order valence-electron chi connectivity index (χ4n) is 2.72. The Hall–Kier alpha value is -3.32. The number of aryl methyl sites for hydroxylation is 1. The van der Waals surface area contributed by atoms with E-state index in [1.807, 2.05) is 60.3 Å². The molecular formula is C20H18N6S. The summed E-state index contributed by atoms with van der Waals surface area (Å²) in [7, 11) is 0. The van der Waals surface area contributed by atoms with Crippen molar-refractivity contribution in [2.24, 2.45) is 5.10 Å². The fourth-order valence-corrected chi connectivity index (χ4v) is 2.90. The van der Waals surface area contributed by atoms with E-state index in [9.17, 15) is 0 Å². The number of rotatable bonds is 5. The van der Waals surface area contributed by atoms with Gasteiger partial charge >= 0.3 is 0 Å². The van der Waals surface area contributed by atoms with E-state index in [1.165, 1.54) is 11.1 Å². The Balaban J connectivity index is 1.56. The molecule has 0 saturated carbocycles. The Bertz CT molecular complexity index is 1120. The van der Waals surface area contributed by atoms with Crippen LogP contribution in [0.4, 0.5) is 0 Å². The molecule has 1 N–H and O–H groups in total. The zero-order valence-electron chi connectivity index (χ0n) is 14.8. The van der Waals surface area contributed by atoms with Crippen LogP contribution in [-0.4, -0.2) is 30.9 Å². The van der Waals surface area contributed by atoms with Crippen LogP contribution in [0.2, 0.25) is 0 Å². The molecule has 2 aromatic carbocycles. The van der Waals surface area contributed by atoms with Crippen molar-refractivity contribution in [1.82, 2.24) is 24.7 Å². The van der Waals surface area contributed by atoms with Gasteiger partial charge < -0.3 is 0 Å². The van der Waals surface area contributed by atoms with Crippen LogP contribution in [0.5, 0.6) is 0 Å². The molecule has 0 aliphatic rings. The molecule has 7 heteroatoms. The maximum Gasteiger partial charge on any atom is 0.216 e. The van der Waals surface area contributed by atoms with Crippen LogP contribution < -0.4 is 0 Å². The summed E-state index contributed by atoms with van der Waals surface area (Å²) >= 11 is 5.32. The molecule has 0 radical (unpaired) electrons. The lowest BCUT2D eigenvalue weighted by atomic mass is 10.1. The van der Waals surface area contributed by atoms with Gasteiger partial charge in [-0.2, -0.15) is 20.0 Å². The first kappa shape index (κ1) is 17.1. The molecule has 0 aliphatic carbocycles. The maximum atomic E-state index is 5.32. The zero-order chi connectivity index (χ0) is 18.6. The van der Waals surface area contributed by atoms with E-state index in [-0.39, 0.29) is 0 Å². The summed E-state index contributed by atoms with van der Waals surface area (Å²) in [6.45, 7) is 2.76. The van der Waals surface area contributed by atoms with Crippen molar-refractivity contribution in [2.75, 3.05) is 0 Å². The fraction of sp³-hybridized carbons (Fsp3) is 0.100. The highest BCUT2D eigenvalue weighted by molar-refractivity contribution is 7.71. The third kappa shape index (κ3) is 3.93. The molecule has 4 rings (SSSR count). The number of benzene rings is 2. The van der Waals surface area contributed by atoms with Crippen LogP contribution >= 0.6 is 12.2 Å². The summed E-state index contributed by atoms with van der Waals surface area (Å²) in [5.74, 6) is 0.674. The highest BCUT2D eigenvalue weighted by atomic mass is 32.1. The lowest BCUT2D eigenvalue weighted by molar-refractivity contribution is 0.687. The lowest BCUT2D eigenvalue weighted by Crippen LogP contribution is -1.99. The third-order valence-corrected chi connectivity index (χ3v) is 4.39. The van der Waals surface area contributed by atoms with E-state index in [0.29, 0.717) is 17.1 Å². The highest BCUT2D eigenvalue weighted by Gasteiger charge is 2.08. The van der Waals surface area contributed by atoms with Crippen molar-refractivity contribution < 1.29 is 0 Å². The van der Waals surface area contributed by atoms with Crippen molar-refractivity contribution in [3.05, 3.63) is 88.5 Å². The normalized spacial score (nSPS) is 11.3. The smallest absolute Gasteiger partial charge is 0.216 e. The molecule has 27 heavy (non-hydrogen) atoms. The first-order valence-corrected chi connectivity index (χ1v) is 8.95. The minimum absolute atomic E-state index is 0.443. The molecule has 0 bridgehead atoms. The summed E-state index contributed by atoms with van der Waals surface area (Å²) in [5, 5.41) is 16.0. The van der Waals surface area contributed by atoms with Gasteiger partial charge in [0.15, 0.2) is 5.82 Å². The Morgan fingerprint density at radius 3 is 2.67 bits per heavy atom. The Kier molecular flexibility index (Phi) is 4.76. The van der Waals surface area contributed by atoms with Gasteiger partial charge in [-0.05, 0) is 24.7 Å². The van der Waals surface area contributed by atoms with E-state index in [0.717, 1.165) is 11.1 Å². The van der Waals surface area contributed by atoms with Crippen LogP contribution in [-0.2, 0) is 6.54 Å². The molecule has 0 saturated heterocycles. The second-order valence-electron chi connectivity index (χ2n) is 6.23. The number of hydrogen-bond acceptors (Lipinski definition) is 4. The van der Waals surface area contributed by atoms with Crippen molar-refractivity contribution in [1.29, 1.82) is 0 Å². The second kappa shape index (κ2) is 7.51. The lowest BCUT2D eigenvalue weighted by Gasteiger charge is -2.01. The van der Waals surface area contributed by atoms with Crippen LogP contribution in [0.25, 0.3) is 11.4 Å². The molecule has 6 nitrogen and oxygen atoms in total. The second-order valence-corrected chi connectivity index (χ2v) is 6.62. The monoisotopic (exact) mass is 374 g/mol. The summed E-state index contributed by atoms with van der Waals surface area (Å²) in [4.78, 5) is 0. The van der Waals surface area contributed by atoms with Crippen LogP contribution in [0.3, 0.4) is 0 Å². The first-order valence-electron chi connectivity index (χ1n) is 8.54. The highest BCUT2D eigenvalue weighted by Crippen LogP contribution is 2.17. The van der Waals surface area contributed by atoms with Gasteiger partial charge in [-0.25, -0.2) is 5.10 Å². The topological polar surface area (TPSA) is 63.8 Å². The molecule has 2 heterocycles. The average molecular weight is 374 g/mol. The Labute approximate surface area is 161 Å². The van der Waals surface area contributed by atoms with Gasteiger partial charge in [0, 0.05) is 17.3 Å². The van der Waals surface area contributed by atoms with Gasteiger partial charge in [0.1, 0.15) is 0 Å². The number of hydrogen-bond donors (Lipinski definition) is 1. The van der Waals surface area contributed by atoms with Gasteiger partial charge in [0.05, 0.1) is 19.0 Å². The molecule has 0 fully saturated rings. The van der Waals surface area contributed by atoms with Crippen LogP contribution in [0.1, 0.15) is 16.7 Å². The number of nitrogens with one attached hydrogen (secondary N) is 1. The van der Waals surface area contributed by atoms with Gasteiger partial charge in [0.25, 0.3) is 0 Å². The van der Waals surface area contributed by atoms with Gasteiger partial charge in [-0.3, -0.25) is 4.68 Å². The zero-order valence-corrected chi connectivity index (χ0v) is 15.6. The van der Waals surface area contributed by atoms with E-state index in [1.54, 1.807) is 17.1 Å². The molecule has 4 aromatic rings. The quantitative estimate of drug-likeness (QED) is 0.423. The summed E-state index contributed by atoms with van der Waals surface area (Å²) in [6, 6.07) is 18.3. The number of H-pyrrole nitrogens is 1. The van der Waals surface area contributed by atoms with Crippen molar-refractivity contribution in [3.8, 4) is 11.4 Å². The van der Waals surface area contributed by atoms with E-state index < -0.39 is 0 Å². The molecule has 0 spiro atoms. The van der Waals surface area contributed by atoms with Crippen molar-refractivity contribution >= 4 is 18.4 Å². The SMILES string of the molecule is Cc1ccc(-c2n[nH]c(=S)n2/N=C\c2cnn(Cc3ccccc3)c2)cc1. The maximum absolute atomic E-state index is 5.32. The number of aromatic nitrogens is 5. The van der Waals surface area contributed by atoms with Gasteiger partial charge in [-0.1, -0.05) is 60.2 Å². The molecular weight excluding hydrogens is 356 g/mol. The standard InChI is InChI=1S/C20H18N6S/c1-15-7-9-18(10-8-15)19-23-24-20(27)26(19)22-12-17-11-21-25(14-17)13-16-5-3-2-4-6-16/h2-12,14H,13H2,1H3,(H,24,27)/b22-12-. The van der Waals surface area contributed by atoms with Crippen molar-refractivity contribution in [3.63, 3.8) is 0 Å². The summed E-state index contributed by atoms with van der Waals surface area (Å²) < 4.78 is 3.94. The number of nitrogens with zero attached hydrogens (tertiary/aromatic N) is 5. The van der Waals surface area contributed by atoms with Crippen molar-refractivity contribution in [2.45, 2.75) is 13.5 Å². The van der Waals surface area contributed by atoms with E-state index in [4.69, 9.17) is 12.2 Å². The molecule has 0 amide bonds. The molecule has 0 unspecified atom stereocenters. The van der Waals surface area contributed by atoms with Gasteiger partial charge in [-0.15, -0.1) is 0 Å². The molecule has 134 valence electrons. The predicted molar refractivity (Wildman–Crippen MR) is 108 cm³/mol. The minimum Gasteiger partial charge on any atom is -0.268 e. The largest absolute Gasteiger partial charge is 0.268 e. The van der Waals surface area contributed by atoms with E-state index in [2.05, 4.69) is 32.5 Å². The third-order valence-electron chi connectivity index (χ3n) is 4.12. The van der Waals surface area contributed by atoms with E-state index >= 15 is 0 Å². The first-order chi connectivity index (χ1) is 13.2. The van der Waals surface area contributed by atoms with Crippen LogP contribution in [0.15, 0.2) is 72.1 Å². The predicted octanol–water partition coefficient (Wildman–Crippen LogP) is 4.04. The molecule has 0 atom stereocenters. The summed E-state index contributed by atoms with van der Waals surface area (Å²) in [6.07, 6.45) is 5.46. The number of aromatic amines is 1. The van der Waals surface area contributed by atoms with Crippen LogP contribution in [0, 0.1) is 11.7 Å². The Morgan fingerprint density at radius 1 is 1.11 bits per heavy atom. The average Bonchev–Trinajstić information content (AvgIpc) is 3.28. The Morgan fingerprint density at radius 2 is 1.89 bits per heavy atom. The minimum atomic E-state index is 0.443. The molecule has 2 aromatic heterocycles. The molecule has 0 aliphatic heterocycles. The van der Waals surface area contributed by atoms with Gasteiger partial charge in [0.2, 0.25) is 4.77 Å². The summed E-state index contributed by atoms with van der Waals surface area (Å²) in [5.41, 5.74) is 4.23.